The van der Waals surface area contributed by atoms with Crippen molar-refractivity contribution < 1.29 is 5.11 Å². The minimum absolute atomic E-state index is 0.605. The van der Waals surface area contributed by atoms with Crippen molar-refractivity contribution in [3.05, 3.63) is 23.8 Å². The van der Waals surface area contributed by atoms with E-state index in [1.54, 1.807) is 0 Å². The van der Waals surface area contributed by atoms with Crippen molar-refractivity contribution in [2.24, 2.45) is 0 Å². The van der Waals surface area contributed by atoms with E-state index in [1.165, 1.54) is 5.56 Å². The average molecular weight is 222 g/mol. The van der Waals surface area contributed by atoms with Crippen LogP contribution in [0.2, 0.25) is 0 Å². The molecule has 16 heavy (non-hydrogen) atoms. The van der Waals surface area contributed by atoms with Crippen molar-refractivity contribution in [2.45, 2.75) is 33.3 Å². The molecule has 0 aromatic heterocycles. The summed E-state index contributed by atoms with van der Waals surface area (Å²) in [6.07, 6.45) is 0. The number of nitrogens with zero attached hydrogens (tertiary/aromatic N) is 1. The Labute approximate surface area is 97.9 Å². The highest BCUT2D eigenvalue weighted by Crippen LogP contribution is 2.24. The first-order valence-electron chi connectivity index (χ1n) is 5.67. The molecule has 0 saturated heterocycles. The van der Waals surface area contributed by atoms with Crippen molar-refractivity contribution >= 4 is 11.4 Å². The van der Waals surface area contributed by atoms with Gasteiger partial charge in [0.05, 0.1) is 5.60 Å². The Morgan fingerprint density at radius 3 is 2.50 bits per heavy atom. The second-order valence-corrected chi connectivity index (χ2v) is 4.87. The highest BCUT2D eigenvalue weighted by molar-refractivity contribution is 5.61. The Morgan fingerprint density at radius 2 is 2.00 bits per heavy atom. The summed E-state index contributed by atoms with van der Waals surface area (Å²) in [6.45, 7) is 9.23. The Balaban J connectivity index is 2.99. The average Bonchev–Trinajstić information content (AvgIpc) is 2.17. The van der Waals surface area contributed by atoms with Gasteiger partial charge in [0.25, 0.3) is 0 Å². The van der Waals surface area contributed by atoms with Gasteiger partial charge < -0.3 is 15.7 Å². The van der Waals surface area contributed by atoms with Crippen molar-refractivity contribution in [1.29, 1.82) is 0 Å². The summed E-state index contributed by atoms with van der Waals surface area (Å²) in [5.74, 6) is 0. The summed E-state index contributed by atoms with van der Waals surface area (Å²) in [7, 11) is 0. The number of hydrogen-bond donors (Lipinski definition) is 2. The molecule has 0 aliphatic carbocycles. The fourth-order valence-corrected chi connectivity index (χ4v) is 1.80. The lowest BCUT2D eigenvalue weighted by Gasteiger charge is -2.31. The van der Waals surface area contributed by atoms with E-state index >= 15 is 0 Å². The number of nitrogens with two attached hydrogens (primary N) is 1. The van der Waals surface area contributed by atoms with Crippen molar-refractivity contribution in [3.63, 3.8) is 0 Å². The van der Waals surface area contributed by atoms with Gasteiger partial charge in [-0.2, -0.15) is 0 Å². The number of likely N-dealkylation sites (N-methyl/N-ethyl adjacent to an activating group) is 1. The Hall–Kier alpha value is -1.22. The predicted molar refractivity (Wildman–Crippen MR) is 69.8 cm³/mol. The molecule has 0 aliphatic heterocycles. The second-order valence-electron chi connectivity index (χ2n) is 4.87. The van der Waals surface area contributed by atoms with Gasteiger partial charge in [0.1, 0.15) is 0 Å². The molecule has 90 valence electrons. The van der Waals surface area contributed by atoms with Crippen LogP contribution in [0, 0.1) is 6.92 Å². The summed E-state index contributed by atoms with van der Waals surface area (Å²) in [5.41, 5.74) is 8.13. The standard InChI is InChI=1S/C13H22N2O/c1-5-15(9-13(3,4)16)12-8-11(14)7-6-10(12)2/h6-8,16H,5,9,14H2,1-4H3. The highest BCUT2D eigenvalue weighted by atomic mass is 16.3. The van der Waals surface area contributed by atoms with E-state index in [0.717, 1.165) is 17.9 Å². The van der Waals surface area contributed by atoms with Crippen molar-refractivity contribution in [1.82, 2.24) is 0 Å². The molecule has 1 rings (SSSR count). The first-order valence-corrected chi connectivity index (χ1v) is 5.67. The topological polar surface area (TPSA) is 49.5 Å². The molecule has 0 spiro atoms. The van der Waals surface area contributed by atoms with E-state index in [0.29, 0.717) is 6.54 Å². The van der Waals surface area contributed by atoms with E-state index in [9.17, 15) is 5.11 Å². The third kappa shape index (κ3) is 3.42. The third-order valence-corrected chi connectivity index (χ3v) is 2.53. The van der Waals surface area contributed by atoms with Crippen LogP contribution >= 0.6 is 0 Å². The molecule has 0 unspecified atom stereocenters. The van der Waals surface area contributed by atoms with E-state index in [4.69, 9.17) is 5.73 Å². The number of nitrogen functional groups attached to an aromatic ring is 1. The number of aliphatic hydroxyl groups is 1. The maximum Gasteiger partial charge on any atom is 0.0765 e. The molecule has 0 saturated carbocycles. The highest BCUT2D eigenvalue weighted by Gasteiger charge is 2.18. The van der Waals surface area contributed by atoms with Gasteiger partial charge in [0.2, 0.25) is 0 Å². The molecule has 1 aromatic carbocycles. The van der Waals surface area contributed by atoms with Crippen LogP contribution < -0.4 is 10.6 Å². The van der Waals surface area contributed by atoms with E-state index < -0.39 is 5.60 Å². The number of anilines is 2. The molecule has 0 amide bonds. The van der Waals surface area contributed by atoms with E-state index in [1.807, 2.05) is 32.0 Å². The lowest BCUT2D eigenvalue weighted by molar-refractivity contribution is 0.0876. The molecule has 3 nitrogen and oxygen atoms in total. The minimum atomic E-state index is -0.701. The molecule has 0 atom stereocenters. The maximum absolute atomic E-state index is 9.87. The first-order chi connectivity index (χ1) is 7.33. The van der Waals surface area contributed by atoms with Crippen LogP contribution in [0.4, 0.5) is 11.4 Å². The summed E-state index contributed by atoms with van der Waals surface area (Å²) < 4.78 is 0. The SMILES string of the molecule is CCN(CC(C)(C)O)c1cc(N)ccc1C. The van der Waals surface area contributed by atoms with Crippen LogP contribution in [0.15, 0.2) is 18.2 Å². The lowest BCUT2D eigenvalue weighted by Crippen LogP contribution is -2.38. The fraction of sp³-hybridized carbons (Fsp3) is 0.538. The van der Waals surface area contributed by atoms with Gasteiger partial charge in [-0.25, -0.2) is 0 Å². The van der Waals surface area contributed by atoms with Gasteiger partial charge in [0, 0.05) is 24.5 Å². The Bertz CT molecular complexity index is 355. The molecule has 0 heterocycles. The number of rotatable bonds is 4. The van der Waals surface area contributed by atoms with E-state index in [2.05, 4.69) is 18.7 Å². The maximum atomic E-state index is 9.87. The summed E-state index contributed by atoms with van der Waals surface area (Å²) in [5, 5.41) is 9.87. The number of benzene rings is 1. The van der Waals surface area contributed by atoms with Gasteiger partial charge in [0.15, 0.2) is 0 Å². The summed E-state index contributed by atoms with van der Waals surface area (Å²) >= 11 is 0. The smallest absolute Gasteiger partial charge is 0.0765 e. The Morgan fingerprint density at radius 1 is 1.38 bits per heavy atom. The zero-order valence-electron chi connectivity index (χ0n) is 10.6. The largest absolute Gasteiger partial charge is 0.399 e. The van der Waals surface area contributed by atoms with Crippen LogP contribution in [0.3, 0.4) is 0 Å². The number of aryl methyl sites for hydroxylation is 1. The molecule has 1 aromatic rings. The predicted octanol–water partition coefficient (Wildman–Crippen LogP) is 2.17. The summed E-state index contributed by atoms with van der Waals surface area (Å²) in [6, 6.07) is 5.87. The van der Waals surface area contributed by atoms with Gasteiger partial charge in [-0.1, -0.05) is 6.07 Å². The molecular weight excluding hydrogens is 200 g/mol. The van der Waals surface area contributed by atoms with E-state index in [-0.39, 0.29) is 0 Å². The van der Waals surface area contributed by atoms with Gasteiger partial charge in [-0.15, -0.1) is 0 Å². The zero-order chi connectivity index (χ0) is 12.3. The molecule has 0 fully saturated rings. The second kappa shape index (κ2) is 4.74. The zero-order valence-corrected chi connectivity index (χ0v) is 10.6. The number of hydrogen-bond acceptors (Lipinski definition) is 3. The van der Waals surface area contributed by atoms with Crippen molar-refractivity contribution in [2.75, 3.05) is 23.7 Å². The molecule has 0 bridgehead atoms. The third-order valence-electron chi connectivity index (χ3n) is 2.53. The minimum Gasteiger partial charge on any atom is -0.399 e. The quantitative estimate of drug-likeness (QED) is 0.768. The van der Waals surface area contributed by atoms with Crippen LogP contribution in [0.25, 0.3) is 0 Å². The molecule has 3 N–H and O–H groups in total. The van der Waals surface area contributed by atoms with Gasteiger partial charge in [-0.05, 0) is 45.4 Å². The van der Waals surface area contributed by atoms with Crippen LogP contribution in [-0.4, -0.2) is 23.8 Å². The van der Waals surface area contributed by atoms with Crippen LogP contribution in [0.1, 0.15) is 26.3 Å². The Kier molecular flexibility index (Phi) is 3.81. The monoisotopic (exact) mass is 222 g/mol. The van der Waals surface area contributed by atoms with Crippen LogP contribution in [0.5, 0.6) is 0 Å². The van der Waals surface area contributed by atoms with Crippen LogP contribution in [-0.2, 0) is 0 Å². The molecule has 0 aliphatic rings. The molecule has 3 heteroatoms. The lowest BCUT2D eigenvalue weighted by atomic mass is 10.1. The molecule has 0 radical (unpaired) electrons. The van der Waals surface area contributed by atoms with Gasteiger partial charge >= 0.3 is 0 Å². The van der Waals surface area contributed by atoms with Gasteiger partial charge in [-0.3, -0.25) is 0 Å². The van der Waals surface area contributed by atoms with Crippen molar-refractivity contribution in [3.8, 4) is 0 Å². The summed E-state index contributed by atoms with van der Waals surface area (Å²) in [4.78, 5) is 2.14. The normalized spacial score (nSPS) is 11.6. The molecular formula is C13H22N2O. The fourth-order valence-electron chi connectivity index (χ4n) is 1.80. The first kappa shape index (κ1) is 12.8.